The van der Waals surface area contributed by atoms with Crippen LogP contribution in [0, 0.1) is 0 Å². The van der Waals surface area contributed by atoms with Crippen molar-refractivity contribution < 1.29 is 14.7 Å². The zero-order valence-electron chi connectivity index (χ0n) is 13.1. The molecular weight excluding hydrogens is 304 g/mol. The number of phenols is 1. The minimum absolute atomic E-state index is 0.0722. The van der Waals surface area contributed by atoms with Crippen LogP contribution in [-0.2, 0) is 6.54 Å². The average molecular weight is 320 g/mol. The van der Waals surface area contributed by atoms with Gasteiger partial charge in [-0.3, -0.25) is 14.2 Å². The fraction of sp³-hybridized carbons (Fsp3) is 0.158. The van der Waals surface area contributed by atoms with Gasteiger partial charge in [0.05, 0.1) is 5.52 Å². The van der Waals surface area contributed by atoms with Crippen molar-refractivity contribution in [3.05, 3.63) is 65.9 Å². The molecule has 0 fully saturated rings. The van der Waals surface area contributed by atoms with Gasteiger partial charge >= 0.3 is 0 Å². The highest BCUT2D eigenvalue weighted by Gasteiger charge is 2.37. The normalized spacial score (nSPS) is 17.4. The Morgan fingerprint density at radius 3 is 2.54 bits per heavy atom. The number of rotatable bonds is 2. The lowest BCUT2D eigenvalue weighted by molar-refractivity contribution is 0.0513. The molecule has 1 aliphatic rings. The molecule has 0 radical (unpaired) electrons. The Morgan fingerprint density at radius 1 is 1.04 bits per heavy atom. The van der Waals surface area contributed by atoms with E-state index in [1.165, 1.54) is 10.6 Å². The second kappa shape index (κ2) is 5.23. The highest BCUT2D eigenvalue weighted by Crippen LogP contribution is 2.29. The van der Waals surface area contributed by atoms with E-state index in [1.54, 1.807) is 30.0 Å². The summed E-state index contributed by atoms with van der Waals surface area (Å²) in [4.78, 5) is 27.3. The number of benzene rings is 2. The highest BCUT2D eigenvalue weighted by atomic mass is 16.3. The van der Waals surface area contributed by atoms with E-state index in [4.69, 9.17) is 0 Å². The Labute approximate surface area is 138 Å². The number of aromatic hydroxyl groups is 1. The first-order chi connectivity index (χ1) is 11.6. The lowest BCUT2D eigenvalue weighted by Crippen LogP contribution is -2.50. The summed E-state index contributed by atoms with van der Waals surface area (Å²) in [5.74, 6) is -0.272. The first-order valence-corrected chi connectivity index (χ1v) is 7.80. The summed E-state index contributed by atoms with van der Waals surface area (Å²) >= 11 is 0. The quantitative estimate of drug-likeness (QED) is 0.789. The summed E-state index contributed by atoms with van der Waals surface area (Å²) in [7, 11) is 0. The molecule has 0 aliphatic carbocycles. The third kappa shape index (κ3) is 2.09. The molecule has 2 heterocycles. The van der Waals surface area contributed by atoms with Gasteiger partial charge in [0.15, 0.2) is 0 Å². The number of amides is 1. The summed E-state index contributed by atoms with van der Waals surface area (Å²) in [6.45, 7) is 2.13. The molecule has 5 heteroatoms. The summed E-state index contributed by atoms with van der Waals surface area (Å²) in [5.41, 5.74) is 1.89. The van der Waals surface area contributed by atoms with E-state index < -0.39 is 6.04 Å². The molecule has 2 aromatic carbocycles. The molecule has 0 spiro atoms. The maximum Gasteiger partial charge on any atom is 0.271 e. The average Bonchev–Trinajstić information content (AvgIpc) is 2.96. The van der Waals surface area contributed by atoms with Crippen molar-refractivity contribution in [1.82, 2.24) is 9.47 Å². The van der Waals surface area contributed by atoms with Gasteiger partial charge in [-0.25, -0.2) is 0 Å². The van der Waals surface area contributed by atoms with Crippen molar-refractivity contribution in [2.75, 3.05) is 0 Å². The van der Waals surface area contributed by atoms with Gasteiger partial charge in [-0.15, -0.1) is 0 Å². The molecule has 120 valence electrons. The molecule has 5 nitrogen and oxygen atoms in total. The van der Waals surface area contributed by atoms with Crippen molar-refractivity contribution in [3.8, 4) is 5.75 Å². The lowest BCUT2D eigenvalue weighted by atomic mass is 10.1. The largest absolute Gasteiger partial charge is 0.508 e. The van der Waals surface area contributed by atoms with Gasteiger partial charge in [0.2, 0.25) is 0 Å². The Hall–Kier alpha value is -3.08. The van der Waals surface area contributed by atoms with E-state index in [-0.39, 0.29) is 17.6 Å². The van der Waals surface area contributed by atoms with Crippen LogP contribution in [0.25, 0.3) is 10.9 Å². The molecule has 0 saturated heterocycles. The SMILES string of the molecule is CC1C(=O)n2c(cc3ccc(O)cc32)C(=O)N1Cc1ccccc1. The van der Waals surface area contributed by atoms with E-state index in [9.17, 15) is 14.7 Å². The molecule has 1 aliphatic heterocycles. The van der Waals surface area contributed by atoms with Crippen LogP contribution >= 0.6 is 0 Å². The topological polar surface area (TPSA) is 62.5 Å². The molecule has 1 unspecified atom stereocenters. The Bertz CT molecular complexity index is 959. The Balaban J connectivity index is 1.82. The first kappa shape index (κ1) is 14.5. The summed E-state index contributed by atoms with van der Waals surface area (Å²) in [6.07, 6.45) is 0. The van der Waals surface area contributed by atoms with Crippen molar-refractivity contribution in [1.29, 1.82) is 0 Å². The number of fused-ring (bicyclic) bond motifs is 3. The second-order valence-corrected chi connectivity index (χ2v) is 6.04. The molecule has 1 aromatic heterocycles. The van der Waals surface area contributed by atoms with Crippen molar-refractivity contribution in [2.45, 2.75) is 19.5 Å². The third-order valence-corrected chi connectivity index (χ3v) is 4.51. The van der Waals surface area contributed by atoms with Crippen LogP contribution in [0.1, 0.15) is 27.8 Å². The van der Waals surface area contributed by atoms with E-state index >= 15 is 0 Å². The molecule has 0 bridgehead atoms. The van der Waals surface area contributed by atoms with Crippen LogP contribution in [0.5, 0.6) is 5.75 Å². The first-order valence-electron chi connectivity index (χ1n) is 7.80. The molecule has 1 N–H and O–H groups in total. The predicted octanol–water partition coefficient (Wildman–Crippen LogP) is 3.03. The van der Waals surface area contributed by atoms with Crippen LogP contribution in [0.3, 0.4) is 0 Å². The smallest absolute Gasteiger partial charge is 0.271 e. The molecule has 1 amide bonds. The number of hydrogen-bond donors (Lipinski definition) is 1. The van der Waals surface area contributed by atoms with Gasteiger partial charge in [-0.1, -0.05) is 30.3 Å². The molecule has 0 saturated carbocycles. The standard InChI is InChI=1S/C19H16N2O3/c1-12-18(23)21-16-10-15(22)8-7-14(16)9-17(21)19(24)20(12)11-13-5-3-2-4-6-13/h2-10,12,22H,11H2,1H3. The zero-order valence-corrected chi connectivity index (χ0v) is 13.1. The number of nitrogens with zero attached hydrogens (tertiary/aromatic N) is 2. The van der Waals surface area contributed by atoms with Crippen LogP contribution in [0.4, 0.5) is 0 Å². The van der Waals surface area contributed by atoms with Crippen LogP contribution in [0.2, 0.25) is 0 Å². The van der Waals surface area contributed by atoms with Crippen LogP contribution in [0.15, 0.2) is 54.6 Å². The van der Waals surface area contributed by atoms with Gasteiger partial charge in [0.25, 0.3) is 11.8 Å². The molecule has 3 aromatic rings. The van der Waals surface area contributed by atoms with E-state index in [0.717, 1.165) is 10.9 Å². The van der Waals surface area contributed by atoms with E-state index in [1.807, 2.05) is 30.3 Å². The number of carbonyl (C=O) groups is 2. The monoisotopic (exact) mass is 320 g/mol. The van der Waals surface area contributed by atoms with Crippen molar-refractivity contribution in [2.24, 2.45) is 0 Å². The van der Waals surface area contributed by atoms with E-state index in [2.05, 4.69) is 0 Å². The minimum Gasteiger partial charge on any atom is -0.508 e. The second-order valence-electron chi connectivity index (χ2n) is 6.04. The van der Waals surface area contributed by atoms with Gasteiger partial charge in [-0.2, -0.15) is 0 Å². The summed E-state index contributed by atoms with van der Waals surface area (Å²) < 4.78 is 1.42. The molecule has 24 heavy (non-hydrogen) atoms. The Kier molecular flexibility index (Phi) is 3.16. The van der Waals surface area contributed by atoms with Crippen LogP contribution < -0.4 is 0 Å². The fourth-order valence-electron chi connectivity index (χ4n) is 3.22. The predicted molar refractivity (Wildman–Crippen MR) is 90.0 cm³/mol. The molecular formula is C19H16N2O3. The minimum atomic E-state index is -0.567. The van der Waals surface area contributed by atoms with E-state index in [0.29, 0.717) is 17.8 Å². The third-order valence-electron chi connectivity index (χ3n) is 4.51. The Morgan fingerprint density at radius 2 is 1.79 bits per heavy atom. The van der Waals surface area contributed by atoms with Crippen molar-refractivity contribution in [3.63, 3.8) is 0 Å². The maximum atomic E-state index is 12.9. The summed E-state index contributed by atoms with van der Waals surface area (Å²) in [5, 5.41) is 10.5. The highest BCUT2D eigenvalue weighted by molar-refractivity contribution is 6.10. The number of hydrogen-bond acceptors (Lipinski definition) is 3. The molecule has 1 atom stereocenters. The lowest BCUT2D eigenvalue weighted by Gasteiger charge is -2.33. The van der Waals surface area contributed by atoms with Gasteiger partial charge in [0.1, 0.15) is 17.5 Å². The zero-order chi connectivity index (χ0) is 16.8. The van der Waals surface area contributed by atoms with Gasteiger partial charge in [-0.05, 0) is 30.7 Å². The fourth-order valence-corrected chi connectivity index (χ4v) is 3.22. The summed E-state index contributed by atoms with van der Waals surface area (Å²) in [6, 6.07) is 15.5. The van der Waals surface area contributed by atoms with Gasteiger partial charge < -0.3 is 10.0 Å². The molecule has 4 rings (SSSR count). The van der Waals surface area contributed by atoms with Gasteiger partial charge in [0, 0.05) is 18.0 Å². The maximum absolute atomic E-state index is 12.9. The number of phenolic OH excluding ortho intramolecular Hbond substituents is 1. The number of carbonyl (C=O) groups excluding carboxylic acids is 2. The van der Waals surface area contributed by atoms with Crippen LogP contribution in [-0.4, -0.2) is 32.4 Å². The van der Waals surface area contributed by atoms with Crippen molar-refractivity contribution >= 4 is 22.7 Å². The number of aromatic nitrogens is 1.